The summed E-state index contributed by atoms with van der Waals surface area (Å²) >= 11 is 6.41. The minimum absolute atomic E-state index is 0.00397. The molecule has 5 aliphatic heterocycles. The summed E-state index contributed by atoms with van der Waals surface area (Å²) in [6.07, 6.45) is 5.47. The zero-order chi connectivity index (χ0) is 74.1. The maximum absolute atomic E-state index is 15.5. The first-order valence-corrected chi connectivity index (χ1v) is 38.3. The summed E-state index contributed by atoms with van der Waals surface area (Å²) in [5, 5.41) is 7.69. The lowest BCUT2D eigenvalue weighted by atomic mass is 9.78. The standard InChI is InChI=1S/C73H116ClF3N12O12/c1-12-46(6)60-69(99)88-37-22-26-53(88)68(98)89-38-31-54(89)66(96)83(9)56(41-47-23-15-13-16-24-47)65(95)81(7)43-58(90)78-51(30-28-48-27-29-49(50(74)40-48)73(75,76)77)64(94)87-36-21-25-52(87)63(93)80-72(32-17-18-33-72)71(101)85(11)61(45(4)5)70(100)84(10)57(67(97)86-34-19-14-20-35-86)42-59(91)82(8)55(39-44(2)3)62(92)79-60/h44-57,60-61H,12-43H2,1-11H3,(H,78,90)(H,79,92)(H,80,93)/t46-,48?,49?,50?,51-,52-,53-,54-,55-,56-,57-,60-,61-/m0/s1. The van der Waals surface area contributed by atoms with Gasteiger partial charge in [-0.2, -0.15) is 13.2 Å². The lowest BCUT2D eigenvalue weighted by Crippen LogP contribution is -2.65. The van der Waals surface area contributed by atoms with E-state index in [1.807, 2.05) is 27.7 Å². The Morgan fingerprint density at radius 3 is 1.76 bits per heavy atom. The third-order valence-corrected chi connectivity index (χ3v) is 24.3. The normalized spacial score (nSPS) is 31.3. The van der Waals surface area contributed by atoms with Crippen molar-refractivity contribution in [1.82, 2.24) is 60.0 Å². The second kappa shape index (κ2) is 35.0. The summed E-state index contributed by atoms with van der Waals surface area (Å²) in [6, 6.07) is -10.5. The number of alkyl halides is 4. The molecule has 28 heteroatoms. The first-order valence-electron chi connectivity index (χ1n) is 37.9. The highest BCUT2D eigenvalue weighted by atomic mass is 35.5. The molecule has 101 heavy (non-hydrogen) atoms. The second-order valence-corrected chi connectivity index (χ2v) is 32.2. The van der Waals surface area contributed by atoms with E-state index in [4.69, 9.17) is 11.6 Å². The molecule has 13 atom stereocenters. The smallest absolute Gasteiger partial charge is 0.343 e. The van der Waals surface area contributed by atoms with E-state index in [1.54, 1.807) is 18.7 Å². The van der Waals surface area contributed by atoms with Crippen molar-refractivity contribution >= 4 is 82.5 Å². The molecule has 12 amide bonds. The molecule has 3 aliphatic carbocycles. The fourth-order valence-electron chi connectivity index (χ4n) is 17.3. The van der Waals surface area contributed by atoms with Crippen molar-refractivity contribution in [3.63, 3.8) is 0 Å². The first kappa shape index (κ1) is 80.4. The summed E-state index contributed by atoms with van der Waals surface area (Å²) in [5.41, 5.74) is -1.56. The Labute approximate surface area is 600 Å². The summed E-state index contributed by atoms with van der Waals surface area (Å²) in [6.45, 7) is 11.6. The van der Waals surface area contributed by atoms with Crippen molar-refractivity contribution < 1.29 is 70.7 Å². The first-order chi connectivity index (χ1) is 47.7. The highest BCUT2D eigenvalue weighted by Gasteiger charge is 2.53. The molecule has 8 rings (SSSR count). The molecule has 3 saturated carbocycles. The molecule has 5 saturated heterocycles. The third kappa shape index (κ3) is 18.8. The van der Waals surface area contributed by atoms with Crippen LogP contribution >= 0.6 is 11.6 Å². The summed E-state index contributed by atoms with van der Waals surface area (Å²) in [7, 11) is 7.29. The van der Waals surface area contributed by atoms with Gasteiger partial charge in [-0.3, -0.25) is 57.5 Å². The van der Waals surface area contributed by atoms with Gasteiger partial charge in [0.1, 0.15) is 59.9 Å². The average Bonchev–Trinajstić information content (AvgIpc) is 1.64. The molecule has 568 valence electrons. The molecule has 0 aromatic carbocycles. The highest BCUT2D eigenvalue weighted by Crippen LogP contribution is 2.44. The van der Waals surface area contributed by atoms with Gasteiger partial charge in [0, 0.05) is 73.3 Å². The number of rotatable bonds is 11. The van der Waals surface area contributed by atoms with Crippen LogP contribution in [0.3, 0.4) is 0 Å². The topological polar surface area (TPSA) is 270 Å². The zero-order valence-electron chi connectivity index (χ0n) is 61.8. The molecule has 1 spiro atoms. The van der Waals surface area contributed by atoms with Crippen LogP contribution in [0.2, 0.25) is 0 Å². The van der Waals surface area contributed by atoms with E-state index in [1.165, 1.54) is 74.4 Å². The van der Waals surface area contributed by atoms with E-state index in [0.717, 1.165) is 38.5 Å². The minimum atomic E-state index is -4.51. The van der Waals surface area contributed by atoms with Crippen molar-refractivity contribution in [3.8, 4) is 0 Å². The number of hydrogen-bond donors (Lipinski definition) is 3. The van der Waals surface area contributed by atoms with Gasteiger partial charge in [0.25, 0.3) is 0 Å². The summed E-state index contributed by atoms with van der Waals surface area (Å²) in [5.74, 6) is -10.3. The van der Waals surface area contributed by atoms with Gasteiger partial charge < -0.3 is 60.0 Å². The van der Waals surface area contributed by atoms with Crippen LogP contribution in [0.4, 0.5) is 13.2 Å². The van der Waals surface area contributed by atoms with Gasteiger partial charge in [0.05, 0.1) is 18.9 Å². The molecule has 3 N–H and O–H groups in total. The van der Waals surface area contributed by atoms with Crippen LogP contribution in [-0.4, -0.2) is 261 Å². The lowest BCUT2D eigenvalue weighted by molar-refractivity contribution is -0.182. The fourth-order valence-corrected chi connectivity index (χ4v) is 17.8. The Bertz CT molecular complexity index is 3000. The highest BCUT2D eigenvalue weighted by molar-refractivity contribution is 6.21. The van der Waals surface area contributed by atoms with Gasteiger partial charge in [0.15, 0.2) is 0 Å². The Morgan fingerprint density at radius 1 is 0.574 bits per heavy atom. The number of fused-ring (bicyclic) bond motifs is 3. The molecule has 8 aliphatic rings. The van der Waals surface area contributed by atoms with Gasteiger partial charge in [-0.15, -0.1) is 11.6 Å². The van der Waals surface area contributed by atoms with Crippen LogP contribution in [0, 0.1) is 35.5 Å². The molecule has 5 heterocycles. The molecule has 0 aromatic heterocycles. The SMILES string of the molecule is CC[C@H](C)[C@@H]1NC(=O)[C@H](CC(C)C)N(C)C(=O)C[C@@H](C(=O)N2CCCCC2)N(C)C(=O)[C@H](C(C)C)N(C)C(=O)C2(CCCC2)NC(=O)[C@@H]2CCCN2C(=O)[C@H](CCC2CCC(C(F)(F)F)C(Cl)C2)NC(=O)CN(C)C(=O)[C@H](CC2CCCCC2)N(C)C(=O)[C@@H]2CCN2C(=O)[C@@H]2CCCN2C1=O. The number of nitrogens with zero attached hydrogens (tertiary/aromatic N) is 9. The van der Waals surface area contributed by atoms with Crippen molar-refractivity contribution in [2.24, 2.45) is 35.5 Å². The number of halogens is 4. The number of carbonyl (C=O) groups excluding carboxylic acids is 12. The monoisotopic (exact) mass is 1440 g/mol. The molecular formula is C73H116ClF3N12O12. The van der Waals surface area contributed by atoms with E-state index in [0.29, 0.717) is 58.0 Å². The van der Waals surface area contributed by atoms with Crippen molar-refractivity contribution in [2.75, 3.05) is 74.5 Å². The second-order valence-electron chi connectivity index (χ2n) is 31.6. The maximum Gasteiger partial charge on any atom is 0.393 e. The molecular weight excluding hydrogens is 1330 g/mol. The number of nitrogens with one attached hydrogen (secondary N) is 3. The Kier molecular flexibility index (Phi) is 27.9. The van der Waals surface area contributed by atoms with Crippen LogP contribution in [0.5, 0.6) is 0 Å². The van der Waals surface area contributed by atoms with Crippen molar-refractivity contribution in [2.45, 2.75) is 280 Å². The molecule has 0 bridgehead atoms. The quantitative estimate of drug-likeness (QED) is 0.194. The van der Waals surface area contributed by atoms with Gasteiger partial charge >= 0.3 is 6.18 Å². The van der Waals surface area contributed by atoms with Crippen LogP contribution < -0.4 is 16.0 Å². The molecule has 0 radical (unpaired) electrons. The predicted octanol–water partition coefficient (Wildman–Crippen LogP) is 6.24. The maximum atomic E-state index is 15.5. The number of hydrogen-bond acceptors (Lipinski definition) is 12. The summed E-state index contributed by atoms with van der Waals surface area (Å²) < 4.78 is 42.1. The van der Waals surface area contributed by atoms with Crippen molar-refractivity contribution in [1.29, 1.82) is 0 Å². The van der Waals surface area contributed by atoms with E-state index >= 15 is 38.4 Å². The van der Waals surface area contributed by atoms with E-state index < -0.39 is 173 Å². The van der Waals surface area contributed by atoms with E-state index in [9.17, 15) is 32.3 Å². The number of carbonyl (C=O) groups is 12. The lowest BCUT2D eigenvalue weighted by Gasteiger charge is -2.45. The van der Waals surface area contributed by atoms with Gasteiger partial charge in [-0.25, -0.2) is 0 Å². The molecule has 3 unspecified atom stereocenters. The van der Waals surface area contributed by atoms with Gasteiger partial charge in [-0.1, -0.05) is 92.9 Å². The van der Waals surface area contributed by atoms with Crippen molar-refractivity contribution in [3.05, 3.63) is 0 Å². The van der Waals surface area contributed by atoms with Crippen LogP contribution in [0.25, 0.3) is 0 Å². The zero-order valence-corrected chi connectivity index (χ0v) is 62.6. The van der Waals surface area contributed by atoms with Crippen LogP contribution in [-0.2, 0) is 57.5 Å². The van der Waals surface area contributed by atoms with E-state index in [2.05, 4.69) is 16.0 Å². The Morgan fingerprint density at radius 2 is 1.18 bits per heavy atom. The van der Waals surface area contributed by atoms with Gasteiger partial charge in [-0.05, 0) is 139 Å². The number of likely N-dealkylation sites (N-methyl/N-ethyl adjacent to an activating group) is 5. The predicted molar refractivity (Wildman–Crippen MR) is 372 cm³/mol. The molecule has 24 nitrogen and oxygen atoms in total. The molecule has 0 aromatic rings. The summed E-state index contributed by atoms with van der Waals surface area (Å²) in [4.78, 5) is 193. The van der Waals surface area contributed by atoms with Crippen LogP contribution in [0.15, 0.2) is 0 Å². The fraction of sp³-hybridized carbons (Fsp3) is 0.836. The van der Waals surface area contributed by atoms with E-state index in [-0.39, 0.29) is 114 Å². The average molecular weight is 1450 g/mol. The molecule has 8 fully saturated rings. The third-order valence-electron chi connectivity index (χ3n) is 23.8. The Hall–Kier alpha value is -6.28. The Balaban J connectivity index is 1.16. The number of likely N-dealkylation sites (tertiary alicyclic amines) is 1. The van der Waals surface area contributed by atoms with Crippen LogP contribution in [0.1, 0.15) is 208 Å². The van der Waals surface area contributed by atoms with Gasteiger partial charge in [0.2, 0.25) is 70.9 Å². The number of piperidine rings is 1. The number of amides is 12. The minimum Gasteiger partial charge on any atom is -0.343 e. The largest absolute Gasteiger partial charge is 0.393 e.